The normalized spacial score (nSPS) is 22.7. The molecule has 0 amide bonds. The first-order valence-electron chi connectivity index (χ1n) is 6.30. The number of hydrogen-bond donors (Lipinski definition) is 1. The zero-order chi connectivity index (χ0) is 12.7. The molecular weight excluding hydrogens is 290 g/mol. The van der Waals surface area contributed by atoms with Crippen molar-refractivity contribution in [1.29, 1.82) is 0 Å². The number of hydrogen-bond acceptors (Lipinski definition) is 2. The van der Waals surface area contributed by atoms with Crippen LogP contribution in [0.4, 0.5) is 0 Å². The van der Waals surface area contributed by atoms with Crippen molar-refractivity contribution < 1.29 is 0 Å². The highest BCUT2D eigenvalue weighted by Gasteiger charge is 2.25. The van der Waals surface area contributed by atoms with Crippen molar-refractivity contribution in [1.82, 2.24) is 14.8 Å². The van der Waals surface area contributed by atoms with E-state index in [1.165, 1.54) is 16.5 Å². The fourth-order valence-electron chi connectivity index (χ4n) is 2.74. The van der Waals surface area contributed by atoms with Gasteiger partial charge in [-0.2, -0.15) is 0 Å². The lowest BCUT2D eigenvalue weighted by Gasteiger charge is -2.37. The molecule has 1 aliphatic heterocycles. The van der Waals surface area contributed by atoms with Gasteiger partial charge in [0.25, 0.3) is 0 Å². The minimum atomic E-state index is 0.485. The second-order valence-electron chi connectivity index (χ2n) is 5.19. The Morgan fingerprint density at radius 3 is 2.94 bits per heavy atom. The maximum absolute atomic E-state index is 3.52. The van der Waals surface area contributed by atoms with Gasteiger partial charge in [0, 0.05) is 47.2 Å². The van der Waals surface area contributed by atoms with E-state index in [9.17, 15) is 0 Å². The van der Waals surface area contributed by atoms with Gasteiger partial charge in [-0.25, -0.2) is 0 Å². The molecule has 1 aromatic heterocycles. The Labute approximate surface area is 116 Å². The second kappa shape index (κ2) is 4.68. The number of halogens is 1. The van der Waals surface area contributed by atoms with Crippen molar-refractivity contribution in [2.24, 2.45) is 0 Å². The Kier molecular flexibility index (Phi) is 3.18. The Morgan fingerprint density at radius 2 is 2.11 bits per heavy atom. The number of likely N-dealkylation sites (N-methyl/N-ethyl adjacent to an activating group) is 2. The molecule has 18 heavy (non-hydrogen) atoms. The number of fused-ring (bicyclic) bond motifs is 1. The van der Waals surface area contributed by atoms with Crippen LogP contribution in [-0.4, -0.2) is 48.5 Å². The third-order valence-corrected chi connectivity index (χ3v) is 4.38. The quantitative estimate of drug-likeness (QED) is 0.875. The zero-order valence-electron chi connectivity index (χ0n) is 10.8. The molecule has 96 valence electrons. The third kappa shape index (κ3) is 2.09. The van der Waals surface area contributed by atoms with Crippen LogP contribution in [0.25, 0.3) is 10.9 Å². The van der Waals surface area contributed by atoms with Gasteiger partial charge in [0.05, 0.1) is 0 Å². The zero-order valence-corrected chi connectivity index (χ0v) is 12.4. The summed E-state index contributed by atoms with van der Waals surface area (Å²) in [4.78, 5) is 8.24. The summed E-state index contributed by atoms with van der Waals surface area (Å²) < 4.78 is 1.12. The van der Waals surface area contributed by atoms with Gasteiger partial charge in [-0.05, 0) is 31.8 Å². The van der Waals surface area contributed by atoms with Crippen molar-refractivity contribution in [2.75, 3.05) is 33.7 Å². The Bertz CT molecular complexity index is 563. The molecule has 3 rings (SSSR count). The number of H-pyrrole nitrogens is 1. The maximum Gasteiger partial charge on any atom is 0.0493 e. The summed E-state index contributed by atoms with van der Waals surface area (Å²) in [6.45, 7) is 3.38. The number of benzene rings is 1. The summed E-state index contributed by atoms with van der Waals surface area (Å²) in [6, 6.07) is 6.95. The van der Waals surface area contributed by atoms with Crippen molar-refractivity contribution in [2.45, 2.75) is 6.04 Å². The van der Waals surface area contributed by atoms with Crippen molar-refractivity contribution in [3.63, 3.8) is 0 Å². The van der Waals surface area contributed by atoms with E-state index in [2.05, 4.69) is 69.2 Å². The summed E-state index contributed by atoms with van der Waals surface area (Å²) in [6.07, 6.45) is 2.16. The predicted molar refractivity (Wildman–Crippen MR) is 78.9 cm³/mol. The molecule has 1 atom stereocenters. The summed E-state index contributed by atoms with van der Waals surface area (Å²) in [5.74, 6) is 0. The van der Waals surface area contributed by atoms with Gasteiger partial charge in [-0.1, -0.05) is 22.0 Å². The monoisotopic (exact) mass is 307 g/mol. The van der Waals surface area contributed by atoms with E-state index >= 15 is 0 Å². The van der Waals surface area contributed by atoms with Gasteiger partial charge >= 0.3 is 0 Å². The van der Waals surface area contributed by atoms with Crippen LogP contribution >= 0.6 is 15.9 Å². The van der Waals surface area contributed by atoms with Gasteiger partial charge in [0.15, 0.2) is 0 Å². The first-order chi connectivity index (χ1) is 8.65. The van der Waals surface area contributed by atoms with Crippen molar-refractivity contribution in [3.05, 3.63) is 34.4 Å². The Hall–Kier alpha value is -0.840. The number of piperazine rings is 1. The first-order valence-corrected chi connectivity index (χ1v) is 7.10. The highest BCUT2D eigenvalue weighted by atomic mass is 79.9. The lowest BCUT2D eigenvalue weighted by molar-refractivity contribution is 0.116. The fraction of sp³-hybridized carbons (Fsp3) is 0.429. The summed E-state index contributed by atoms with van der Waals surface area (Å²) >= 11 is 3.52. The molecule has 1 aromatic carbocycles. The highest BCUT2D eigenvalue weighted by molar-refractivity contribution is 9.10. The van der Waals surface area contributed by atoms with Gasteiger partial charge in [-0.3, -0.25) is 4.90 Å². The van der Waals surface area contributed by atoms with Gasteiger partial charge in [-0.15, -0.1) is 0 Å². The molecule has 0 aliphatic carbocycles. The smallest absolute Gasteiger partial charge is 0.0493 e. The summed E-state index contributed by atoms with van der Waals surface area (Å²) in [5, 5.41) is 1.34. The topological polar surface area (TPSA) is 22.3 Å². The molecule has 1 N–H and O–H groups in total. The van der Waals surface area contributed by atoms with Crippen molar-refractivity contribution in [3.8, 4) is 0 Å². The lowest BCUT2D eigenvalue weighted by atomic mass is 10.0. The van der Waals surface area contributed by atoms with Crippen LogP contribution in [0.3, 0.4) is 0 Å². The van der Waals surface area contributed by atoms with E-state index in [4.69, 9.17) is 0 Å². The molecule has 0 saturated carbocycles. The molecule has 0 radical (unpaired) electrons. The molecule has 2 aromatic rings. The average Bonchev–Trinajstić information content (AvgIpc) is 2.75. The molecule has 0 unspecified atom stereocenters. The van der Waals surface area contributed by atoms with Crippen LogP contribution in [0.2, 0.25) is 0 Å². The van der Waals surface area contributed by atoms with Crippen LogP contribution in [-0.2, 0) is 0 Å². The standard InChI is InChI=1S/C14H18BrN3/c1-17-5-6-18(2)14(9-17)12-8-16-13-7-10(15)3-4-11(12)13/h3-4,7-8,14,16H,5-6,9H2,1-2H3/t14-/m1/s1. The molecule has 3 nitrogen and oxygen atoms in total. The van der Waals surface area contributed by atoms with Crippen LogP contribution in [0, 0.1) is 0 Å². The number of nitrogens with zero attached hydrogens (tertiary/aromatic N) is 2. The minimum absolute atomic E-state index is 0.485. The molecule has 1 aliphatic rings. The van der Waals surface area contributed by atoms with E-state index < -0.39 is 0 Å². The SMILES string of the molecule is CN1CCN(C)[C@@H](c2c[nH]c3cc(Br)ccc23)C1. The van der Waals surface area contributed by atoms with Crippen LogP contribution in [0.15, 0.2) is 28.9 Å². The molecular formula is C14H18BrN3. The number of aromatic nitrogens is 1. The molecule has 0 bridgehead atoms. The van der Waals surface area contributed by atoms with Crippen LogP contribution in [0.1, 0.15) is 11.6 Å². The van der Waals surface area contributed by atoms with E-state index in [1.54, 1.807) is 0 Å². The Balaban J connectivity index is 2.03. The molecule has 2 heterocycles. The molecule has 1 fully saturated rings. The van der Waals surface area contributed by atoms with Crippen LogP contribution in [0.5, 0.6) is 0 Å². The Morgan fingerprint density at radius 1 is 1.28 bits per heavy atom. The molecule has 1 saturated heterocycles. The van der Waals surface area contributed by atoms with Crippen LogP contribution < -0.4 is 0 Å². The number of rotatable bonds is 1. The molecule has 0 spiro atoms. The van der Waals surface area contributed by atoms with Crippen molar-refractivity contribution >= 4 is 26.8 Å². The largest absolute Gasteiger partial charge is 0.361 e. The van der Waals surface area contributed by atoms with Gasteiger partial charge in [0.1, 0.15) is 0 Å². The fourth-order valence-corrected chi connectivity index (χ4v) is 3.10. The molecule has 4 heteroatoms. The van der Waals surface area contributed by atoms with Gasteiger partial charge < -0.3 is 9.88 Å². The highest BCUT2D eigenvalue weighted by Crippen LogP contribution is 2.31. The minimum Gasteiger partial charge on any atom is -0.361 e. The average molecular weight is 308 g/mol. The van der Waals surface area contributed by atoms with E-state index in [0.29, 0.717) is 6.04 Å². The van der Waals surface area contributed by atoms with E-state index in [0.717, 1.165) is 24.1 Å². The third-order valence-electron chi connectivity index (χ3n) is 3.89. The second-order valence-corrected chi connectivity index (χ2v) is 6.11. The first kappa shape index (κ1) is 12.2. The number of aromatic amines is 1. The van der Waals surface area contributed by atoms with Gasteiger partial charge in [0.2, 0.25) is 0 Å². The number of nitrogens with one attached hydrogen (secondary N) is 1. The summed E-state index contributed by atoms with van der Waals surface area (Å²) in [7, 11) is 4.42. The predicted octanol–water partition coefficient (Wildman–Crippen LogP) is 2.85. The summed E-state index contributed by atoms with van der Waals surface area (Å²) in [5.41, 5.74) is 2.62. The lowest BCUT2D eigenvalue weighted by Crippen LogP contribution is -2.44. The maximum atomic E-state index is 3.52. The van der Waals surface area contributed by atoms with E-state index in [-0.39, 0.29) is 0 Å². The van der Waals surface area contributed by atoms with E-state index in [1.807, 2.05) is 0 Å².